The molecule has 1 heterocycles. The maximum absolute atomic E-state index is 5.84. The molecule has 1 aromatic rings. The van der Waals surface area contributed by atoms with E-state index in [-0.39, 0.29) is 12.6 Å². The summed E-state index contributed by atoms with van der Waals surface area (Å²) in [6, 6.07) is 10.4. The summed E-state index contributed by atoms with van der Waals surface area (Å²) >= 11 is 0. The van der Waals surface area contributed by atoms with Crippen LogP contribution >= 0.6 is 0 Å². The molecule has 0 spiro atoms. The molecule has 0 amide bonds. The van der Waals surface area contributed by atoms with Crippen LogP contribution in [-0.4, -0.2) is 31.3 Å². The number of rotatable bonds is 5. The van der Waals surface area contributed by atoms with Crippen molar-refractivity contribution in [2.75, 3.05) is 14.1 Å². The average molecular weight is 235 g/mol. The van der Waals surface area contributed by atoms with Gasteiger partial charge in [-0.05, 0) is 20.5 Å². The van der Waals surface area contributed by atoms with Crippen molar-refractivity contribution in [3.63, 3.8) is 0 Å². The molecule has 1 unspecified atom stereocenters. The van der Waals surface area contributed by atoms with Crippen LogP contribution in [0.15, 0.2) is 30.3 Å². The van der Waals surface area contributed by atoms with Crippen LogP contribution in [0.25, 0.3) is 0 Å². The van der Waals surface area contributed by atoms with Gasteiger partial charge in [0, 0.05) is 5.56 Å². The van der Waals surface area contributed by atoms with E-state index < -0.39 is 0 Å². The number of benzene rings is 1. The lowest BCUT2D eigenvalue weighted by Gasteiger charge is -2.43. The maximum atomic E-state index is 5.84. The summed E-state index contributed by atoms with van der Waals surface area (Å²) < 4.78 is 11.7. The van der Waals surface area contributed by atoms with Crippen molar-refractivity contribution >= 4 is 0 Å². The van der Waals surface area contributed by atoms with Crippen molar-refractivity contribution in [2.24, 2.45) is 0 Å². The maximum Gasteiger partial charge on any atom is 0.190 e. The van der Waals surface area contributed by atoms with E-state index in [9.17, 15) is 0 Å². The Balaban J connectivity index is 1.89. The lowest BCUT2D eigenvalue weighted by atomic mass is 10.1. The van der Waals surface area contributed by atoms with E-state index in [1.54, 1.807) is 0 Å². The van der Waals surface area contributed by atoms with Crippen molar-refractivity contribution in [2.45, 2.75) is 38.4 Å². The fourth-order valence-corrected chi connectivity index (χ4v) is 2.14. The van der Waals surface area contributed by atoms with Crippen LogP contribution < -0.4 is 0 Å². The molecule has 94 valence electrons. The summed E-state index contributed by atoms with van der Waals surface area (Å²) in [7, 11) is 4.14. The Morgan fingerprint density at radius 1 is 1.18 bits per heavy atom. The zero-order valence-corrected chi connectivity index (χ0v) is 10.8. The van der Waals surface area contributed by atoms with Crippen LogP contribution in [0.5, 0.6) is 0 Å². The van der Waals surface area contributed by atoms with E-state index in [1.807, 2.05) is 30.3 Å². The van der Waals surface area contributed by atoms with Gasteiger partial charge in [-0.2, -0.15) is 0 Å². The monoisotopic (exact) mass is 235 g/mol. The van der Waals surface area contributed by atoms with E-state index in [4.69, 9.17) is 9.47 Å². The van der Waals surface area contributed by atoms with E-state index in [2.05, 4.69) is 25.9 Å². The molecule has 0 saturated carbocycles. The first kappa shape index (κ1) is 12.6. The second-order valence-corrected chi connectivity index (χ2v) is 4.70. The van der Waals surface area contributed by atoms with Gasteiger partial charge in [-0.1, -0.05) is 43.7 Å². The summed E-state index contributed by atoms with van der Waals surface area (Å²) in [6.45, 7) is 2.18. The molecule has 3 nitrogen and oxygen atoms in total. The Morgan fingerprint density at radius 2 is 1.82 bits per heavy atom. The highest BCUT2D eigenvalue weighted by molar-refractivity contribution is 5.16. The van der Waals surface area contributed by atoms with E-state index in [0.717, 1.165) is 18.4 Å². The highest BCUT2D eigenvalue weighted by atomic mass is 16.9. The third-order valence-electron chi connectivity index (χ3n) is 3.15. The summed E-state index contributed by atoms with van der Waals surface area (Å²) in [5, 5.41) is 0. The third kappa shape index (κ3) is 2.86. The van der Waals surface area contributed by atoms with Gasteiger partial charge < -0.3 is 14.4 Å². The van der Waals surface area contributed by atoms with Crippen molar-refractivity contribution in [3.05, 3.63) is 35.9 Å². The molecular weight excluding hydrogens is 214 g/mol. The lowest BCUT2D eigenvalue weighted by Crippen LogP contribution is -2.49. The van der Waals surface area contributed by atoms with Crippen molar-refractivity contribution in [1.82, 2.24) is 4.90 Å². The molecular formula is C14H21NO2. The van der Waals surface area contributed by atoms with Gasteiger partial charge in [0.15, 0.2) is 12.6 Å². The molecule has 1 aliphatic heterocycles. The highest BCUT2D eigenvalue weighted by Crippen LogP contribution is 2.35. The largest absolute Gasteiger partial charge is 0.318 e. The van der Waals surface area contributed by atoms with Gasteiger partial charge in [0.25, 0.3) is 0 Å². The van der Waals surface area contributed by atoms with Gasteiger partial charge in [-0.25, -0.2) is 0 Å². The first-order chi connectivity index (χ1) is 8.22. The van der Waals surface area contributed by atoms with Crippen molar-refractivity contribution in [1.29, 1.82) is 0 Å². The molecule has 1 saturated heterocycles. The summed E-state index contributed by atoms with van der Waals surface area (Å²) in [5.41, 5.74) is 1.10. The van der Waals surface area contributed by atoms with Crippen molar-refractivity contribution in [3.8, 4) is 0 Å². The number of hydrogen-bond donors (Lipinski definition) is 0. The molecule has 0 N–H and O–H groups in total. The number of likely N-dealkylation sites (N-methyl/N-ethyl adjacent to an activating group) is 1. The van der Waals surface area contributed by atoms with Crippen LogP contribution in [0.2, 0.25) is 0 Å². The van der Waals surface area contributed by atoms with Crippen LogP contribution in [0.4, 0.5) is 0 Å². The first-order valence-electron chi connectivity index (χ1n) is 6.24. The predicted octanol–water partition coefficient (Wildman–Crippen LogP) is 2.79. The zero-order chi connectivity index (χ0) is 12.3. The van der Waals surface area contributed by atoms with Crippen molar-refractivity contribution < 1.29 is 9.47 Å². The standard InChI is InChI=1S/C14H21NO2/c1-4-8-12(15(2)3)14-16-13(17-14)11-9-6-5-7-10-11/h5-7,9-10,12-14H,4,8H2,1-3H3. The average Bonchev–Trinajstić information content (AvgIpc) is 2.27. The molecule has 0 bridgehead atoms. The molecule has 0 aromatic heterocycles. The minimum Gasteiger partial charge on any atom is -0.318 e. The Morgan fingerprint density at radius 3 is 2.35 bits per heavy atom. The molecule has 1 atom stereocenters. The second kappa shape index (κ2) is 5.63. The molecule has 0 radical (unpaired) electrons. The van der Waals surface area contributed by atoms with Crippen LogP contribution in [0.3, 0.4) is 0 Å². The molecule has 0 aliphatic carbocycles. The highest BCUT2D eigenvalue weighted by Gasteiger charge is 2.38. The van der Waals surface area contributed by atoms with E-state index in [1.165, 1.54) is 0 Å². The summed E-state index contributed by atoms with van der Waals surface area (Å²) in [4.78, 5) is 2.18. The molecule has 2 rings (SSSR count). The van der Waals surface area contributed by atoms with Gasteiger partial charge in [0.05, 0.1) is 6.04 Å². The minimum atomic E-state index is -0.180. The normalized spacial score (nSPS) is 25.6. The smallest absolute Gasteiger partial charge is 0.190 e. The predicted molar refractivity (Wildman–Crippen MR) is 67.5 cm³/mol. The fraction of sp³-hybridized carbons (Fsp3) is 0.571. The first-order valence-corrected chi connectivity index (χ1v) is 6.24. The third-order valence-corrected chi connectivity index (χ3v) is 3.15. The fourth-order valence-electron chi connectivity index (χ4n) is 2.14. The van der Waals surface area contributed by atoms with Gasteiger partial charge in [0.1, 0.15) is 0 Å². The lowest BCUT2D eigenvalue weighted by molar-refractivity contribution is -0.404. The molecule has 1 fully saturated rings. The quantitative estimate of drug-likeness (QED) is 0.783. The van der Waals surface area contributed by atoms with Crippen LogP contribution in [0, 0.1) is 0 Å². The van der Waals surface area contributed by atoms with Gasteiger partial charge in [-0.15, -0.1) is 0 Å². The summed E-state index contributed by atoms with van der Waals surface area (Å²) in [5.74, 6) is 0. The van der Waals surface area contributed by atoms with Gasteiger partial charge in [0.2, 0.25) is 0 Å². The Hall–Kier alpha value is -0.900. The number of ether oxygens (including phenoxy) is 2. The summed E-state index contributed by atoms with van der Waals surface area (Å²) in [6.07, 6.45) is 1.97. The SMILES string of the molecule is CCCC(C1OC(c2ccccc2)O1)N(C)C. The molecule has 3 heteroatoms. The zero-order valence-electron chi connectivity index (χ0n) is 10.8. The Bertz CT molecular complexity index is 333. The number of nitrogens with zero attached hydrogens (tertiary/aromatic N) is 1. The van der Waals surface area contributed by atoms with Gasteiger partial charge in [-0.3, -0.25) is 0 Å². The Labute approximate surface area is 103 Å². The van der Waals surface area contributed by atoms with E-state index in [0.29, 0.717) is 6.04 Å². The minimum absolute atomic E-state index is 0.0878. The topological polar surface area (TPSA) is 21.7 Å². The molecule has 1 aromatic carbocycles. The molecule has 17 heavy (non-hydrogen) atoms. The second-order valence-electron chi connectivity index (χ2n) is 4.70. The van der Waals surface area contributed by atoms with Crippen LogP contribution in [0.1, 0.15) is 31.6 Å². The van der Waals surface area contributed by atoms with Gasteiger partial charge >= 0.3 is 0 Å². The van der Waals surface area contributed by atoms with E-state index >= 15 is 0 Å². The van der Waals surface area contributed by atoms with Crippen LogP contribution in [-0.2, 0) is 9.47 Å². The Kier molecular flexibility index (Phi) is 4.15. The number of hydrogen-bond acceptors (Lipinski definition) is 3. The molecule has 1 aliphatic rings.